The molecule has 4 aromatic carbocycles. The third-order valence-corrected chi connectivity index (χ3v) is 10.7. The number of H-pyrrole nitrogens is 1. The molecular formula is C43H40FN7O7. The van der Waals surface area contributed by atoms with Crippen LogP contribution in [-0.2, 0) is 33.9 Å². The molecule has 3 aliphatic rings. The van der Waals surface area contributed by atoms with Crippen LogP contribution >= 0.6 is 0 Å². The van der Waals surface area contributed by atoms with Crippen molar-refractivity contribution in [2.24, 2.45) is 10.2 Å². The van der Waals surface area contributed by atoms with Crippen molar-refractivity contribution >= 4 is 51.6 Å². The van der Waals surface area contributed by atoms with Gasteiger partial charge in [0.2, 0.25) is 17.6 Å². The van der Waals surface area contributed by atoms with Crippen molar-refractivity contribution in [2.75, 3.05) is 34.4 Å². The van der Waals surface area contributed by atoms with E-state index in [0.717, 1.165) is 45.3 Å². The summed E-state index contributed by atoms with van der Waals surface area (Å²) in [5.41, 5.74) is 7.91. The zero-order chi connectivity index (χ0) is 40.7. The molecule has 1 saturated heterocycles. The van der Waals surface area contributed by atoms with Gasteiger partial charge in [-0.2, -0.15) is 10.2 Å². The Hall–Kier alpha value is -7.03. The van der Waals surface area contributed by atoms with Crippen LogP contribution in [0.15, 0.2) is 83.5 Å². The van der Waals surface area contributed by atoms with Gasteiger partial charge in [0.25, 0.3) is 11.8 Å². The van der Waals surface area contributed by atoms with E-state index in [1.807, 2.05) is 24.3 Å². The number of carbonyl (C=O) groups is 4. The van der Waals surface area contributed by atoms with Gasteiger partial charge in [0.05, 0.1) is 25.6 Å². The van der Waals surface area contributed by atoms with Crippen LogP contribution in [0, 0.1) is 5.82 Å². The zero-order valence-electron chi connectivity index (χ0n) is 32.1. The summed E-state index contributed by atoms with van der Waals surface area (Å²) in [6.07, 6.45) is 1.16. The van der Waals surface area contributed by atoms with Crippen molar-refractivity contribution in [3.8, 4) is 28.5 Å². The number of fused-ring (bicyclic) bond motifs is 1. The summed E-state index contributed by atoms with van der Waals surface area (Å²) in [7, 11) is 4.60. The minimum atomic E-state index is -0.751. The van der Waals surface area contributed by atoms with Gasteiger partial charge in [-0.25, -0.2) is 4.39 Å². The van der Waals surface area contributed by atoms with Gasteiger partial charge >= 0.3 is 0 Å². The van der Waals surface area contributed by atoms with E-state index in [9.17, 15) is 23.6 Å². The third kappa shape index (κ3) is 7.10. The topological polar surface area (TPSA) is 167 Å². The predicted octanol–water partition coefficient (Wildman–Crippen LogP) is 6.32. The summed E-state index contributed by atoms with van der Waals surface area (Å²) in [6, 6.07) is 18.4. The molecule has 1 unspecified atom stereocenters. The first kappa shape index (κ1) is 37.9. The number of hydrogen-bond acceptors (Lipinski definition) is 10. The van der Waals surface area contributed by atoms with E-state index in [1.165, 1.54) is 31.3 Å². The van der Waals surface area contributed by atoms with Crippen LogP contribution in [0.5, 0.6) is 17.2 Å². The lowest BCUT2D eigenvalue weighted by atomic mass is 9.99. The summed E-state index contributed by atoms with van der Waals surface area (Å²) in [6.45, 7) is 4.95. The first-order chi connectivity index (χ1) is 28.0. The predicted molar refractivity (Wildman–Crippen MR) is 213 cm³/mol. The number of amides is 4. The molecule has 0 radical (unpaired) electrons. The monoisotopic (exact) mass is 785 g/mol. The third-order valence-electron chi connectivity index (χ3n) is 10.7. The number of aromatic amines is 1. The van der Waals surface area contributed by atoms with Gasteiger partial charge in [0.1, 0.15) is 11.9 Å². The van der Waals surface area contributed by atoms with Crippen molar-refractivity contribution in [3.63, 3.8) is 0 Å². The second kappa shape index (κ2) is 15.5. The summed E-state index contributed by atoms with van der Waals surface area (Å²) in [4.78, 5) is 57.1. The fourth-order valence-corrected chi connectivity index (χ4v) is 7.76. The highest BCUT2D eigenvalue weighted by atomic mass is 19.1. The Balaban J connectivity index is 0.927. The van der Waals surface area contributed by atoms with Gasteiger partial charge in [-0.3, -0.25) is 24.5 Å². The number of benzene rings is 4. The van der Waals surface area contributed by atoms with E-state index >= 15 is 0 Å². The van der Waals surface area contributed by atoms with Gasteiger partial charge < -0.3 is 34.3 Å². The minimum Gasteiger partial charge on any atom is -0.493 e. The normalized spacial score (nSPS) is 16.3. The number of ether oxygens (including phenoxy) is 3. The quantitative estimate of drug-likeness (QED) is 0.103. The Morgan fingerprint density at radius 2 is 1.72 bits per heavy atom. The largest absolute Gasteiger partial charge is 0.493 e. The van der Waals surface area contributed by atoms with E-state index in [4.69, 9.17) is 14.2 Å². The lowest BCUT2D eigenvalue weighted by molar-refractivity contribution is -0.137. The molecule has 0 aliphatic carbocycles. The fraction of sp³-hybridized carbons (Fsp3) is 0.256. The van der Waals surface area contributed by atoms with Crippen LogP contribution in [0.1, 0.15) is 45.5 Å². The number of aromatic nitrogens is 1. The van der Waals surface area contributed by atoms with E-state index in [0.29, 0.717) is 41.3 Å². The van der Waals surface area contributed by atoms with Crippen molar-refractivity contribution in [1.82, 2.24) is 25.4 Å². The number of nitrogens with one attached hydrogen (secondary N) is 3. The van der Waals surface area contributed by atoms with Crippen LogP contribution in [-0.4, -0.2) is 78.9 Å². The SMILES string of the molecule is C=C1NCCc2c(-c3ccc(CN(C)C(=O)COc4c(OC)cc(N=Nc5cccc6c5CN(C5CCC(=O)NC5=O)C6=O)cc4OC)cc3)[nH]c3cc(F)cc1c23. The molecule has 14 nitrogen and oxygen atoms in total. The molecule has 3 aliphatic heterocycles. The molecule has 5 aromatic rings. The number of likely N-dealkylation sites (N-methyl/N-ethyl adjacent to an activating group) is 1. The molecule has 296 valence electrons. The fourth-order valence-electron chi connectivity index (χ4n) is 7.76. The van der Waals surface area contributed by atoms with Gasteiger partial charge in [0, 0.05) is 84.2 Å². The highest BCUT2D eigenvalue weighted by Crippen LogP contribution is 2.42. The van der Waals surface area contributed by atoms with E-state index in [-0.39, 0.29) is 66.8 Å². The molecule has 1 atom stereocenters. The average Bonchev–Trinajstić information content (AvgIpc) is 3.69. The Morgan fingerprint density at radius 3 is 2.45 bits per heavy atom. The number of imide groups is 1. The lowest BCUT2D eigenvalue weighted by Gasteiger charge is -2.29. The number of methoxy groups -OCH3 is 2. The Bertz CT molecular complexity index is 2520. The highest BCUT2D eigenvalue weighted by molar-refractivity contribution is 6.06. The van der Waals surface area contributed by atoms with Crippen LogP contribution in [0.4, 0.5) is 15.8 Å². The summed E-state index contributed by atoms with van der Waals surface area (Å²) < 4.78 is 31.6. The number of hydrogen-bond donors (Lipinski definition) is 3. The summed E-state index contributed by atoms with van der Waals surface area (Å²) in [5.74, 6) is -1.04. The number of halogens is 1. The smallest absolute Gasteiger partial charge is 0.260 e. The molecule has 0 saturated carbocycles. The maximum Gasteiger partial charge on any atom is 0.260 e. The Kier molecular flexibility index (Phi) is 10.1. The van der Waals surface area contributed by atoms with E-state index < -0.39 is 11.9 Å². The summed E-state index contributed by atoms with van der Waals surface area (Å²) in [5, 5.41) is 15.4. The summed E-state index contributed by atoms with van der Waals surface area (Å²) >= 11 is 0. The van der Waals surface area contributed by atoms with Crippen LogP contribution in [0.3, 0.4) is 0 Å². The van der Waals surface area contributed by atoms with Crippen molar-refractivity contribution in [1.29, 1.82) is 0 Å². The van der Waals surface area contributed by atoms with Crippen LogP contribution in [0.2, 0.25) is 0 Å². The van der Waals surface area contributed by atoms with Crippen molar-refractivity contribution in [3.05, 3.63) is 107 Å². The van der Waals surface area contributed by atoms with E-state index in [2.05, 4.69) is 32.4 Å². The van der Waals surface area contributed by atoms with E-state index in [1.54, 1.807) is 42.3 Å². The molecule has 0 bridgehead atoms. The molecule has 58 heavy (non-hydrogen) atoms. The van der Waals surface area contributed by atoms with Crippen molar-refractivity contribution in [2.45, 2.75) is 38.4 Å². The Labute approximate surface area is 332 Å². The molecule has 8 rings (SSSR count). The van der Waals surface area contributed by atoms with Gasteiger partial charge in [-0.15, -0.1) is 0 Å². The molecule has 1 aromatic heterocycles. The van der Waals surface area contributed by atoms with Crippen LogP contribution < -0.4 is 24.8 Å². The standard InChI is InChI=1S/C43H40FN7O7/c1-23-30-16-26(44)17-33-39(30)29(14-15-45-23)40(46-33)25-10-8-24(9-11-25)20-50(2)38(53)22-58-41-35(56-3)18-27(19-36(41)57-4)48-49-32-7-5-6-28-31(32)21-51(43(28)55)34-12-13-37(52)47-42(34)54/h5-11,16-19,34,45-46H,1,12-15,20-22H2,2-4H3,(H,47,52,54). The average molecular weight is 786 g/mol. The van der Waals surface area contributed by atoms with Gasteiger partial charge in [-0.05, 0) is 53.8 Å². The second-order valence-electron chi connectivity index (χ2n) is 14.3. The number of rotatable bonds is 11. The number of carbonyl (C=O) groups excluding carboxylic acids is 4. The van der Waals surface area contributed by atoms with Gasteiger partial charge in [0.15, 0.2) is 18.1 Å². The second-order valence-corrected chi connectivity index (χ2v) is 14.3. The van der Waals surface area contributed by atoms with Crippen LogP contribution in [0.25, 0.3) is 27.9 Å². The lowest BCUT2D eigenvalue weighted by Crippen LogP contribution is -2.52. The zero-order valence-corrected chi connectivity index (χ0v) is 32.1. The minimum absolute atomic E-state index is 0.147. The molecule has 15 heteroatoms. The van der Waals surface area contributed by atoms with Gasteiger partial charge in [-0.1, -0.05) is 36.9 Å². The molecular weight excluding hydrogens is 746 g/mol. The maximum atomic E-state index is 14.5. The number of azo groups is 1. The number of piperidine rings is 1. The molecule has 3 N–H and O–H groups in total. The Morgan fingerprint density at radius 1 is 0.966 bits per heavy atom. The van der Waals surface area contributed by atoms with Crippen molar-refractivity contribution < 1.29 is 37.8 Å². The molecule has 4 heterocycles. The number of nitrogens with zero attached hydrogens (tertiary/aromatic N) is 4. The first-order valence-corrected chi connectivity index (χ1v) is 18.7. The molecule has 4 amide bonds. The molecule has 1 fully saturated rings. The highest BCUT2D eigenvalue weighted by Gasteiger charge is 2.40. The maximum absolute atomic E-state index is 14.5. The first-order valence-electron chi connectivity index (χ1n) is 18.7. The molecule has 0 spiro atoms.